The maximum Gasteiger partial charge on any atom is 0.127 e. The van der Waals surface area contributed by atoms with E-state index in [-0.39, 0.29) is 17.7 Å². The summed E-state index contributed by atoms with van der Waals surface area (Å²) in [6.45, 7) is 5.29. The van der Waals surface area contributed by atoms with Gasteiger partial charge in [-0.15, -0.1) is 0 Å². The summed E-state index contributed by atoms with van der Waals surface area (Å²) in [5.41, 5.74) is 6.02. The van der Waals surface area contributed by atoms with Gasteiger partial charge in [-0.25, -0.2) is 4.39 Å². The molecule has 0 aliphatic carbocycles. The normalized spacial score (nSPS) is 11.2. The molecule has 0 aliphatic rings. The molecule has 0 saturated carbocycles. The number of rotatable bonds is 6. The van der Waals surface area contributed by atoms with Gasteiger partial charge in [0.15, 0.2) is 0 Å². The third-order valence-corrected chi connectivity index (χ3v) is 3.27. The van der Waals surface area contributed by atoms with Crippen molar-refractivity contribution in [1.29, 1.82) is 5.41 Å². The van der Waals surface area contributed by atoms with Crippen molar-refractivity contribution in [3.63, 3.8) is 0 Å². The van der Waals surface area contributed by atoms with E-state index in [4.69, 9.17) is 11.1 Å². The first-order chi connectivity index (χ1) is 8.40. The molecule has 0 atom stereocenters. The third-order valence-electron chi connectivity index (χ3n) is 2.78. The molecule has 0 saturated heterocycles. The standard InChI is InChI=1S/C13H19BrFN3/c1-9(2)18(6-5-13(16)17)8-10-7-11(14)3-4-12(10)15/h3-4,7,9H,5-6,8H2,1-2H3,(H3,16,17). The first-order valence-electron chi connectivity index (χ1n) is 5.91. The minimum Gasteiger partial charge on any atom is -0.388 e. The zero-order valence-electron chi connectivity index (χ0n) is 10.7. The molecular formula is C13H19BrFN3. The number of hydrogen-bond acceptors (Lipinski definition) is 2. The van der Waals surface area contributed by atoms with Crippen molar-refractivity contribution in [2.24, 2.45) is 5.73 Å². The summed E-state index contributed by atoms with van der Waals surface area (Å²) < 4.78 is 14.5. The van der Waals surface area contributed by atoms with E-state index in [1.807, 2.05) is 0 Å². The van der Waals surface area contributed by atoms with E-state index in [1.54, 1.807) is 12.1 Å². The van der Waals surface area contributed by atoms with Crippen LogP contribution in [0.3, 0.4) is 0 Å². The van der Waals surface area contributed by atoms with Gasteiger partial charge in [-0.3, -0.25) is 10.3 Å². The number of hydrogen-bond donors (Lipinski definition) is 2. The molecule has 1 aromatic carbocycles. The van der Waals surface area contributed by atoms with Crippen LogP contribution >= 0.6 is 15.9 Å². The van der Waals surface area contributed by atoms with E-state index in [9.17, 15) is 4.39 Å². The molecule has 5 heteroatoms. The number of benzene rings is 1. The molecule has 1 rings (SSSR count). The second kappa shape index (κ2) is 6.85. The van der Waals surface area contributed by atoms with Crippen molar-refractivity contribution < 1.29 is 4.39 Å². The number of halogens is 2. The van der Waals surface area contributed by atoms with Crippen LogP contribution in [0.5, 0.6) is 0 Å². The van der Waals surface area contributed by atoms with E-state index in [0.717, 1.165) is 4.47 Å². The largest absolute Gasteiger partial charge is 0.388 e. The number of nitrogens with one attached hydrogen (secondary N) is 1. The lowest BCUT2D eigenvalue weighted by atomic mass is 10.1. The zero-order chi connectivity index (χ0) is 13.7. The zero-order valence-corrected chi connectivity index (χ0v) is 12.3. The fourth-order valence-corrected chi connectivity index (χ4v) is 2.08. The van der Waals surface area contributed by atoms with Crippen molar-refractivity contribution in [2.45, 2.75) is 32.9 Å². The van der Waals surface area contributed by atoms with Crippen molar-refractivity contribution in [2.75, 3.05) is 6.54 Å². The van der Waals surface area contributed by atoms with Gasteiger partial charge < -0.3 is 5.73 Å². The monoisotopic (exact) mass is 315 g/mol. The van der Waals surface area contributed by atoms with Crippen LogP contribution in [0.1, 0.15) is 25.8 Å². The Morgan fingerprint density at radius 3 is 2.72 bits per heavy atom. The molecule has 1 aromatic rings. The fourth-order valence-electron chi connectivity index (χ4n) is 1.67. The van der Waals surface area contributed by atoms with Crippen molar-refractivity contribution >= 4 is 21.8 Å². The van der Waals surface area contributed by atoms with E-state index in [1.165, 1.54) is 6.07 Å². The van der Waals surface area contributed by atoms with E-state index < -0.39 is 0 Å². The van der Waals surface area contributed by atoms with Crippen LogP contribution in [0, 0.1) is 11.2 Å². The first kappa shape index (κ1) is 15.1. The molecule has 0 fully saturated rings. The Bertz CT molecular complexity index is 421. The Morgan fingerprint density at radius 2 is 2.17 bits per heavy atom. The molecule has 3 N–H and O–H groups in total. The van der Waals surface area contributed by atoms with Crippen molar-refractivity contribution in [3.8, 4) is 0 Å². The quantitative estimate of drug-likeness (QED) is 0.626. The average Bonchev–Trinajstić information content (AvgIpc) is 2.28. The predicted molar refractivity (Wildman–Crippen MR) is 76.2 cm³/mol. The lowest BCUT2D eigenvalue weighted by Gasteiger charge is -2.26. The first-order valence-corrected chi connectivity index (χ1v) is 6.70. The van der Waals surface area contributed by atoms with Gasteiger partial charge in [-0.05, 0) is 32.0 Å². The highest BCUT2D eigenvalue weighted by Gasteiger charge is 2.13. The van der Waals surface area contributed by atoms with Crippen molar-refractivity contribution in [3.05, 3.63) is 34.1 Å². The molecule has 18 heavy (non-hydrogen) atoms. The number of amidine groups is 1. The van der Waals surface area contributed by atoms with Crippen LogP contribution in [0.15, 0.2) is 22.7 Å². The maximum absolute atomic E-state index is 13.7. The topological polar surface area (TPSA) is 53.1 Å². The molecule has 0 heterocycles. The summed E-state index contributed by atoms with van der Waals surface area (Å²) >= 11 is 3.35. The molecule has 3 nitrogen and oxygen atoms in total. The van der Waals surface area contributed by atoms with Crippen LogP contribution in [0.4, 0.5) is 4.39 Å². The second-order valence-corrected chi connectivity index (χ2v) is 5.49. The summed E-state index contributed by atoms with van der Waals surface area (Å²) in [6, 6.07) is 5.22. The Labute approximate surface area is 116 Å². The summed E-state index contributed by atoms with van der Waals surface area (Å²) in [7, 11) is 0. The Hall–Kier alpha value is -0.940. The van der Waals surface area contributed by atoms with Gasteiger partial charge in [-0.2, -0.15) is 0 Å². The Kier molecular flexibility index (Phi) is 5.75. The number of nitrogens with two attached hydrogens (primary N) is 1. The van der Waals surface area contributed by atoms with Gasteiger partial charge in [0.2, 0.25) is 0 Å². The molecule has 0 aliphatic heterocycles. The third kappa shape index (κ3) is 4.74. The molecule has 0 radical (unpaired) electrons. The van der Waals surface area contributed by atoms with Crippen LogP contribution < -0.4 is 5.73 Å². The van der Waals surface area contributed by atoms with Gasteiger partial charge in [0.1, 0.15) is 5.82 Å². The number of nitrogens with zero attached hydrogens (tertiary/aromatic N) is 1. The van der Waals surface area contributed by atoms with E-state index in [2.05, 4.69) is 34.7 Å². The van der Waals surface area contributed by atoms with Crippen LogP contribution in [-0.4, -0.2) is 23.3 Å². The molecular weight excluding hydrogens is 297 g/mol. The van der Waals surface area contributed by atoms with Gasteiger partial charge >= 0.3 is 0 Å². The second-order valence-electron chi connectivity index (χ2n) is 4.58. The summed E-state index contributed by atoms with van der Waals surface area (Å²) in [5.74, 6) is -0.0398. The van der Waals surface area contributed by atoms with Crippen LogP contribution in [-0.2, 0) is 6.54 Å². The minimum atomic E-state index is -0.202. The summed E-state index contributed by atoms with van der Waals surface area (Å²) in [4.78, 5) is 2.10. The predicted octanol–water partition coefficient (Wildman–Crippen LogP) is 3.12. The smallest absolute Gasteiger partial charge is 0.127 e. The Morgan fingerprint density at radius 1 is 1.50 bits per heavy atom. The van der Waals surface area contributed by atoms with Gasteiger partial charge in [0.25, 0.3) is 0 Å². The fraction of sp³-hybridized carbons (Fsp3) is 0.462. The van der Waals surface area contributed by atoms with Gasteiger partial charge in [0, 0.05) is 35.6 Å². The van der Waals surface area contributed by atoms with Crippen LogP contribution in [0.2, 0.25) is 0 Å². The summed E-state index contributed by atoms with van der Waals surface area (Å²) in [5, 5.41) is 7.25. The molecule has 0 spiro atoms. The van der Waals surface area contributed by atoms with Crippen molar-refractivity contribution in [1.82, 2.24) is 4.90 Å². The molecule has 0 amide bonds. The Balaban J connectivity index is 2.76. The summed E-state index contributed by atoms with van der Waals surface area (Å²) in [6.07, 6.45) is 0.508. The highest BCUT2D eigenvalue weighted by molar-refractivity contribution is 9.10. The van der Waals surface area contributed by atoms with Gasteiger partial charge in [0.05, 0.1) is 5.84 Å². The molecule has 0 aromatic heterocycles. The van der Waals surface area contributed by atoms with E-state index in [0.29, 0.717) is 25.1 Å². The maximum atomic E-state index is 13.7. The highest BCUT2D eigenvalue weighted by atomic mass is 79.9. The minimum absolute atomic E-state index is 0.162. The average molecular weight is 316 g/mol. The lowest BCUT2D eigenvalue weighted by molar-refractivity contribution is 0.216. The van der Waals surface area contributed by atoms with E-state index >= 15 is 0 Å². The van der Waals surface area contributed by atoms with Gasteiger partial charge in [-0.1, -0.05) is 15.9 Å². The highest BCUT2D eigenvalue weighted by Crippen LogP contribution is 2.18. The molecule has 100 valence electrons. The molecule has 0 bridgehead atoms. The molecule has 0 unspecified atom stereocenters. The lowest BCUT2D eigenvalue weighted by Crippen LogP contribution is -2.33. The van der Waals surface area contributed by atoms with Crippen LogP contribution in [0.25, 0.3) is 0 Å². The SMILES string of the molecule is CC(C)N(CCC(=N)N)Cc1cc(Br)ccc1F.